The molecule has 0 unspecified atom stereocenters. The smallest absolute Gasteiger partial charge is 0.338 e. The zero-order valence-corrected chi connectivity index (χ0v) is 19.3. The Hall–Kier alpha value is -3.85. The van der Waals surface area contributed by atoms with Crippen LogP contribution in [0.4, 0.5) is 5.69 Å². The number of amides is 1. The van der Waals surface area contributed by atoms with Crippen molar-refractivity contribution in [1.29, 1.82) is 0 Å². The van der Waals surface area contributed by atoms with Crippen LogP contribution in [0.1, 0.15) is 23.0 Å². The Bertz CT molecular complexity index is 1310. The van der Waals surface area contributed by atoms with E-state index in [1.807, 2.05) is 34.2 Å². The van der Waals surface area contributed by atoms with Crippen LogP contribution >= 0.6 is 11.3 Å². The Balaban J connectivity index is 1.51. The van der Waals surface area contributed by atoms with E-state index in [-0.39, 0.29) is 12.3 Å². The minimum absolute atomic E-state index is 0.158. The van der Waals surface area contributed by atoms with Crippen LogP contribution in [0.3, 0.4) is 0 Å². The van der Waals surface area contributed by atoms with Gasteiger partial charge in [-0.05, 0) is 43.3 Å². The second kappa shape index (κ2) is 9.74. The number of esters is 1. The molecule has 0 saturated carbocycles. The van der Waals surface area contributed by atoms with Crippen molar-refractivity contribution in [2.24, 2.45) is 0 Å². The monoisotopic (exact) mass is 465 g/mol. The van der Waals surface area contributed by atoms with Crippen LogP contribution in [0.15, 0.2) is 54.0 Å². The van der Waals surface area contributed by atoms with Crippen LogP contribution in [0.2, 0.25) is 0 Å². The molecule has 8 nitrogen and oxygen atoms in total. The fraction of sp³-hybridized carbons (Fsp3) is 0.208. The zero-order chi connectivity index (χ0) is 23.4. The molecule has 0 aliphatic rings. The van der Waals surface area contributed by atoms with E-state index < -0.39 is 5.97 Å². The second-order valence-corrected chi connectivity index (χ2v) is 7.94. The van der Waals surface area contributed by atoms with Crippen LogP contribution in [0.5, 0.6) is 11.5 Å². The topological polar surface area (TPSA) is 91.2 Å². The van der Waals surface area contributed by atoms with E-state index in [1.165, 1.54) is 11.3 Å². The molecule has 0 fully saturated rings. The minimum atomic E-state index is -0.422. The summed E-state index contributed by atoms with van der Waals surface area (Å²) in [5, 5.41) is 4.75. The first-order valence-electron chi connectivity index (χ1n) is 10.3. The van der Waals surface area contributed by atoms with Gasteiger partial charge < -0.3 is 19.5 Å². The van der Waals surface area contributed by atoms with Gasteiger partial charge in [0.15, 0.2) is 16.5 Å². The number of imidazole rings is 1. The van der Waals surface area contributed by atoms with Gasteiger partial charge >= 0.3 is 5.97 Å². The highest BCUT2D eigenvalue weighted by atomic mass is 32.1. The molecule has 0 bridgehead atoms. The van der Waals surface area contributed by atoms with Gasteiger partial charge in [-0.1, -0.05) is 6.07 Å². The number of methoxy groups -OCH3 is 2. The normalized spacial score (nSPS) is 10.8. The largest absolute Gasteiger partial charge is 0.493 e. The quantitative estimate of drug-likeness (QED) is 0.387. The average molecular weight is 466 g/mol. The lowest BCUT2D eigenvalue weighted by Crippen LogP contribution is -2.15. The van der Waals surface area contributed by atoms with Crippen molar-refractivity contribution < 1.29 is 23.8 Å². The Labute approximate surface area is 194 Å². The van der Waals surface area contributed by atoms with Gasteiger partial charge in [-0.3, -0.25) is 9.20 Å². The summed E-state index contributed by atoms with van der Waals surface area (Å²) in [5.74, 6) is 0.647. The standard InChI is InChI=1S/C24H23N3O5S/c1-4-32-23(29)16-6-5-7-17(10-16)25-22(28)12-18-14-33-24-26-19(13-27(18)24)15-8-9-20(30-2)21(11-15)31-3/h5-11,13-14H,4,12H2,1-3H3,(H,25,28). The lowest BCUT2D eigenvalue weighted by atomic mass is 10.1. The molecule has 0 radical (unpaired) electrons. The lowest BCUT2D eigenvalue weighted by Gasteiger charge is -2.08. The molecule has 4 aromatic rings. The van der Waals surface area contributed by atoms with E-state index in [4.69, 9.17) is 14.2 Å². The summed E-state index contributed by atoms with van der Waals surface area (Å²) in [6, 6.07) is 12.3. The Kier molecular flexibility index (Phi) is 6.60. The number of nitrogens with zero attached hydrogens (tertiary/aromatic N) is 2. The fourth-order valence-corrected chi connectivity index (χ4v) is 4.27. The molecular formula is C24H23N3O5S. The van der Waals surface area contributed by atoms with E-state index >= 15 is 0 Å². The summed E-state index contributed by atoms with van der Waals surface area (Å²) in [6.45, 7) is 2.04. The average Bonchev–Trinajstić information content (AvgIpc) is 3.41. The van der Waals surface area contributed by atoms with Crippen LogP contribution in [0, 0.1) is 0 Å². The van der Waals surface area contributed by atoms with E-state index in [0.717, 1.165) is 21.9 Å². The zero-order valence-electron chi connectivity index (χ0n) is 18.5. The molecule has 33 heavy (non-hydrogen) atoms. The van der Waals surface area contributed by atoms with Gasteiger partial charge in [-0.25, -0.2) is 9.78 Å². The second-order valence-electron chi connectivity index (χ2n) is 7.10. The van der Waals surface area contributed by atoms with Crippen molar-refractivity contribution in [3.63, 3.8) is 0 Å². The highest BCUT2D eigenvalue weighted by Crippen LogP contribution is 2.32. The first-order chi connectivity index (χ1) is 16.0. The highest BCUT2D eigenvalue weighted by molar-refractivity contribution is 7.15. The number of anilines is 1. The third-order valence-corrected chi connectivity index (χ3v) is 5.85. The molecule has 2 aromatic carbocycles. The Morgan fingerprint density at radius 2 is 1.91 bits per heavy atom. The maximum absolute atomic E-state index is 12.7. The van der Waals surface area contributed by atoms with Crippen molar-refractivity contribution in [2.45, 2.75) is 13.3 Å². The number of thiazole rings is 1. The van der Waals surface area contributed by atoms with Gasteiger partial charge in [0.25, 0.3) is 0 Å². The van der Waals surface area contributed by atoms with Gasteiger partial charge in [0.05, 0.1) is 38.5 Å². The van der Waals surface area contributed by atoms with Gasteiger partial charge in [0.1, 0.15) is 0 Å². The minimum Gasteiger partial charge on any atom is -0.493 e. The van der Waals surface area contributed by atoms with Gasteiger partial charge in [0.2, 0.25) is 5.91 Å². The van der Waals surface area contributed by atoms with Crippen molar-refractivity contribution in [1.82, 2.24) is 9.38 Å². The van der Waals surface area contributed by atoms with E-state index in [9.17, 15) is 9.59 Å². The molecule has 4 rings (SSSR count). The number of ether oxygens (including phenoxy) is 3. The number of aromatic nitrogens is 2. The summed E-state index contributed by atoms with van der Waals surface area (Å²) in [7, 11) is 3.18. The SMILES string of the molecule is CCOC(=O)c1cccc(NC(=O)Cc2csc3nc(-c4ccc(OC)c(OC)c4)cn23)c1. The fourth-order valence-electron chi connectivity index (χ4n) is 3.40. The van der Waals surface area contributed by atoms with Gasteiger partial charge in [-0.2, -0.15) is 0 Å². The molecule has 1 amide bonds. The molecule has 2 heterocycles. The lowest BCUT2D eigenvalue weighted by molar-refractivity contribution is -0.115. The number of carbonyl (C=O) groups is 2. The summed E-state index contributed by atoms with van der Waals surface area (Å²) >= 11 is 1.46. The number of rotatable bonds is 8. The molecule has 0 atom stereocenters. The van der Waals surface area contributed by atoms with Gasteiger partial charge in [-0.15, -0.1) is 11.3 Å². The number of hydrogen-bond donors (Lipinski definition) is 1. The van der Waals surface area contributed by atoms with E-state index in [0.29, 0.717) is 29.4 Å². The van der Waals surface area contributed by atoms with Crippen molar-refractivity contribution in [3.8, 4) is 22.8 Å². The first kappa shape index (κ1) is 22.3. The number of fused-ring (bicyclic) bond motifs is 1. The molecule has 0 aliphatic heterocycles. The van der Waals surface area contributed by atoms with Crippen LogP contribution in [-0.4, -0.2) is 42.1 Å². The molecule has 170 valence electrons. The summed E-state index contributed by atoms with van der Waals surface area (Å²) in [5.41, 5.74) is 3.39. The summed E-state index contributed by atoms with van der Waals surface area (Å²) < 4.78 is 17.6. The molecule has 0 spiro atoms. The Morgan fingerprint density at radius 3 is 2.67 bits per heavy atom. The maximum Gasteiger partial charge on any atom is 0.338 e. The Morgan fingerprint density at radius 1 is 1.09 bits per heavy atom. The number of hydrogen-bond acceptors (Lipinski definition) is 7. The summed E-state index contributed by atoms with van der Waals surface area (Å²) in [6.07, 6.45) is 2.06. The van der Waals surface area contributed by atoms with Crippen LogP contribution < -0.4 is 14.8 Å². The maximum atomic E-state index is 12.7. The number of benzene rings is 2. The predicted molar refractivity (Wildman–Crippen MR) is 126 cm³/mol. The summed E-state index contributed by atoms with van der Waals surface area (Å²) in [4.78, 5) is 30.1. The van der Waals surface area contributed by atoms with Gasteiger partial charge in [0, 0.05) is 28.5 Å². The van der Waals surface area contributed by atoms with E-state index in [2.05, 4.69) is 10.3 Å². The van der Waals surface area contributed by atoms with Crippen molar-refractivity contribution >= 4 is 33.9 Å². The van der Waals surface area contributed by atoms with E-state index in [1.54, 1.807) is 45.4 Å². The molecule has 9 heteroatoms. The molecule has 0 saturated heterocycles. The molecule has 0 aliphatic carbocycles. The highest BCUT2D eigenvalue weighted by Gasteiger charge is 2.15. The number of carbonyl (C=O) groups excluding carboxylic acids is 2. The third-order valence-electron chi connectivity index (χ3n) is 4.96. The van der Waals surface area contributed by atoms with Crippen molar-refractivity contribution in [2.75, 3.05) is 26.1 Å². The molecule has 2 aromatic heterocycles. The van der Waals surface area contributed by atoms with Crippen LogP contribution in [-0.2, 0) is 16.0 Å². The molecular weight excluding hydrogens is 442 g/mol. The molecule has 1 N–H and O–H groups in total. The third kappa shape index (κ3) is 4.83. The predicted octanol–water partition coefficient (Wildman–Crippen LogP) is 4.44. The van der Waals surface area contributed by atoms with Crippen molar-refractivity contribution in [3.05, 3.63) is 65.3 Å². The first-order valence-corrected chi connectivity index (χ1v) is 11.1. The number of nitrogens with one attached hydrogen (secondary N) is 1. The van der Waals surface area contributed by atoms with Crippen LogP contribution in [0.25, 0.3) is 16.2 Å².